The van der Waals surface area contributed by atoms with Crippen LogP contribution in [0.25, 0.3) is 0 Å². The molecule has 0 aliphatic rings. The smallest absolute Gasteiger partial charge is 0.264 e. The van der Waals surface area contributed by atoms with E-state index < -0.39 is 5.24 Å². The summed E-state index contributed by atoms with van der Waals surface area (Å²) in [4.78, 5) is 10.9. The monoisotopic (exact) mass is 220 g/mol. The summed E-state index contributed by atoms with van der Waals surface area (Å²) in [5, 5.41) is 10.9. The number of para-hydroxylation sites is 1. The molecule has 0 amide bonds. The second kappa shape index (κ2) is 5.18. The molecule has 1 N–H and O–H groups in total. The Hall–Kier alpha value is -1.79. The van der Waals surface area contributed by atoms with E-state index in [2.05, 4.69) is 5.32 Å². The number of carbonyl (C=O) groups excluding carboxylic acids is 1. The summed E-state index contributed by atoms with van der Waals surface area (Å²) < 4.78 is 0. The first-order valence-electron chi connectivity index (χ1n) is 4.28. The Morgan fingerprint density at radius 2 is 2.00 bits per heavy atom. The maximum Gasteiger partial charge on any atom is 0.264 e. The van der Waals surface area contributed by atoms with Crippen LogP contribution in [0.2, 0.25) is 0 Å². The number of carbonyl (C=O) groups is 1. The second-order valence-corrected chi connectivity index (χ2v) is 3.22. The van der Waals surface area contributed by atoms with Crippen molar-refractivity contribution in [3.05, 3.63) is 41.6 Å². The summed E-state index contributed by atoms with van der Waals surface area (Å²) in [5.74, 6) is 0. The van der Waals surface area contributed by atoms with E-state index in [0.717, 1.165) is 5.69 Å². The Morgan fingerprint density at radius 3 is 2.47 bits per heavy atom. The molecule has 1 rings (SSSR count). The number of allylic oxidation sites excluding steroid dienone is 2. The van der Waals surface area contributed by atoms with Gasteiger partial charge in [-0.2, -0.15) is 5.26 Å². The molecule has 0 fully saturated rings. The molecule has 0 aliphatic heterocycles. The predicted molar refractivity (Wildman–Crippen MR) is 59.2 cm³/mol. The number of hydrogen-bond donors (Lipinski definition) is 1. The van der Waals surface area contributed by atoms with Crippen molar-refractivity contribution in [2.45, 2.75) is 6.92 Å². The standard InChI is InChI=1S/C11H9ClN2O/c1-8(10(7-13)11(12)15)14-9-5-3-2-4-6-9/h2-6,14H,1H3. The van der Waals surface area contributed by atoms with Gasteiger partial charge in [-0.05, 0) is 30.7 Å². The van der Waals surface area contributed by atoms with Crippen LogP contribution in [-0.4, -0.2) is 5.24 Å². The highest BCUT2D eigenvalue weighted by Gasteiger charge is 2.09. The van der Waals surface area contributed by atoms with Crippen molar-refractivity contribution in [1.82, 2.24) is 0 Å². The summed E-state index contributed by atoms with van der Waals surface area (Å²) in [6, 6.07) is 11.0. The van der Waals surface area contributed by atoms with Gasteiger partial charge in [0.05, 0.1) is 0 Å². The Balaban J connectivity index is 2.92. The normalized spacial score (nSPS) is 11.3. The first-order valence-corrected chi connectivity index (χ1v) is 4.66. The van der Waals surface area contributed by atoms with Crippen LogP contribution in [0.4, 0.5) is 5.69 Å². The van der Waals surface area contributed by atoms with Gasteiger partial charge in [-0.1, -0.05) is 18.2 Å². The van der Waals surface area contributed by atoms with Gasteiger partial charge in [-0.15, -0.1) is 0 Å². The lowest BCUT2D eigenvalue weighted by molar-refractivity contribution is -0.108. The number of nitriles is 1. The quantitative estimate of drug-likeness (QED) is 0.484. The molecule has 0 atom stereocenters. The molecule has 76 valence electrons. The molecule has 0 saturated carbocycles. The minimum Gasteiger partial charge on any atom is -0.358 e. The Morgan fingerprint density at radius 1 is 1.40 bits per heavy atom. The molecule has 0 unspecified atom stereocenters. The Kier molecular flexibility index (Phi) is 3.90. The average molecular weight is 221 g/mol. The zero-order valence-electron chi connectivity index (χ0n) is 8.12. The molecule has 1 aromatic carbocycles. The molecule has 0 spiro atoms. The van der Waals surface area contributed by atoms with Crippen LogP contribution in [0.5, 0.6) is 0 Å². The lowest BCUT2D eigenvalue weighted by Crippen LogP contribution is -2.03. The van der Waals surface area contributed by atoms with Crippen LogP contribution in [0.15, 0.2) is 41.6 Å². The van der Waals surface area contributed by atoms with E-state index in [4.69, 9.17) is 16.9 Å². The van der Waals surface area contributed by atoms with Gasteiger partial charge in [0, 0.05) is 11.4 Å². The number of rotatable bonds is 3. The van der Waals surface area contributed by atoms with Gasteiger partial charge < -0.3 is 5.32 Å². The van der Waals surface area contributed by atoms with Gasteiger partial charge >= 0.3 is 0 Å². The van der Waals surface area contributed by atoms with E-state index in [0.29, 0.717) is 5.70 Å². The van der Waals surface area contributed by atoms with Crippen molar-refractivity contribution < 1.29 is 4.79 Å². The molecule has 0 radical (unpaired) electrons. The molecular weight excluding hydrogens is 212 g/mol. The van der Waals surface area contributed by atoms with Gasteiger partial charge in [-0.3, -0.25) is 4.79 Å². The third kappa shape index (κ3) is 3.12. The van der Waals surface area contributed by atoms with Crippen LogP contribution >= 0.6 is 11.6 Å². The summed E-state index contributed by atoms with van der Waals surface area (Å²) in [6.45, 7) is 1.63. The van der Waals surface area contributed by atoms with Crippen molar-refractivity contribution in [2.75, 3.05) is 5.32 Å². The molecular formula is C11H9ClN2O. The summed E-state index contributed by atoms with van der Waals surface area (Å²) in [5.41, 5.74) is 1.19. The third-order valence-corrected chi connectivity index (χ3v) is 1.98. The highest BCUT2D eigenvalue weighted by Crippen LogP contribution is 2.12. The fourth-order valence-corrected chi connectivity index (χ4v) is 1.26. The molecule has 0 aromatic heterocycles. The second-order valence-electron chi connectivity index (χ2n) is 2.88. The Labute approximate surface area is 93.0 Å². The van der Waals surface area contributed by atoms with E-state index in [-0.39, 0.29) is 5.57 Å². The van der Waals surface area contributed by atoms with E-state index in [1.54, 1.807) is 13.0 Å². The Bertz CT molecular complexity index is 432. The third-order valence-electron chi connectivity index (χ3n) is 1.79. The van der Waals surface area contributed by atoms with Gasteiger partial charge in [0.2, 0.25) is 0 Å². The highest BCUT2D eigenvalue weighted by atomic mass is 35.5. The zero-order chi connectivity index (χ0) is 11.3. The fourth-order valence-electron chi connectivity index (χ4n) is 1.08. The van der Waals surface area contributed by atoms with E-state index >= 15 is 0 Å². The number of anilines is 1. The van der Waals surface area contributed by atoms with Crippen LogP contribution in [0.3, 0.4) is 0 Å². The lowest BCUT2D eigenvalue weighted by Gasteiger charge is -2.06. The van der Waals surface area contributed by atoms with Crippen molar-refractivity contribution in [2.24, 2.45) is 0 Å². The molecule has 0 saturated heterocycles. The van der Waals surface area contributed by atoms with Gasteiger partial charge in [-0.25, -0.2) is 0 Å². The van der Waals surface area contributed by atoms with Crippen molar-refractivity contribution in [3.63, 3.8) is 0 Å². The van der Waals surface area contributed by atoms with E-state index in [1.807, 2.05) is 30.3 Å². The maximum atomic E-state index is 10.9. The maximum absolute atomic E-state index is 10.9. The number of halogens is 1. The fraction of sp³-hybridized carbons (Fsp3) is 0.0909. The molecule has 0 bridgehead atoms. The van der Waals surface area contributed by atoms with Crippen molar-refractivity contribution >= 4 is 22.5 Å². The van der Waals surface area contributed by atoms with E-state index in [1.165, 1.54) is 0 Å². The lowest BCUT2D eigenvalue weighted by atomic mass is 10.2. The van der Waals surface area contributed by atoms with Gasteiger partial charge in [0.1, 0.15) is 11.6 Å². The first-order chi connectivity index (χ1) is 7.15. The molecule has 4 heteroatoms. The van der Waals surface area contributed by atoms with Gasteiger partial charge in [0.25, 0.3) is 5.24 Å². The summed E-state index contributed by atoms with van der Waals surface area (Å²) in [6.07, 6.45) is 0. The summed E-state index contributed by atoms with van der Waals surface area (Å²) in [7, 11) is 0. The molecule has 0 heterocycles. The zero-order valence-corrected chi connectivity index (χ0v) is 8.88. The van der Waals surface area contributed by atoms with E-state index in [9.17, 15) is 4.79 Å². The number of nitrogens with zero attached hydrogens (tertiary/aromatic N) is 1. The average Bonchev–Trinajstić information content (AvgIpc) is 2.19. The van der Waals surface area contributed by atoms with Crippen LogP contribution < -0.4 is 5.32 Å². The predicted octanol–water partition coefficient (Wildman–Crippen LogP) is 2.66. The van der Waals surface area contributed by atoms with Crippen LogP contribution in [0.1, 0.15) is 6.92 Å². The minimum absolute atomic E-state index is 0.0690. The van der Waals surface area contributed by atoms with Crippen LogP contribution in [0, 0.1) is 11.3 Å². The molecule has 1 aromatic rings. The summed E-state index contributed by atoms with van der Waals surface area (Å²) >= 11 is 5.25. The number of benzene rings is 1. The molecule has 0 aliphatic carbocycles. The largest absolute Gasteiger partial charge is 0.358 e. The highest BCUT2D eigenvalue weighted by molar-refractivity contribution is 6.68. The number of hydrogen-bond acceptors (Lipinski definition) is 3. The number of nitrogens with one attached hydrogen (secondary N) is 1. The van der Waals surface area contributed by atoms with Crippen molar-refractivity contribution in [1.29, 1.82) is 5.26 Å². The first kappa shape index (κ1) is 11.3. The van der Waals surface area contributed by atoms with Crippen LogP contribution in [-0.2, 0) is 4.79 Å². The SMILES string of the molecule is CC(Nc1ccccc1)=C(C#N)C(=O)Cl. The molecule has 3 nitrogen and oxygen atoms in total. The topological polar surface area (TPSA) is 52.9 Å². The minimum atomic E-state index is -0.751. The van der Waals surface area contributed by atoms with Gasteiger partial charge in [0.15, 0.2) is 0 Å². The molecule has 15 heavy (non-hydrogen) atoms. The van der Waals surface area contributed by atoms with Crippen molar-refractivity contribution in [3.8, 4) is 6.07 Å².